The van der Waals surface area contributed by atoms with Crippen molar-refractivity contribution < 1.29 is 0 Å². The molecule has 3 nitrogen and oxygen atoms in total. The monoisotopic (exact) mass is 373 g/mol. The molecule has 0 fully saturated rings. The lowest BCUT2D eigenvalue weighted by Crippen LogP contribution is -1.84. The highest BCUT2D eigenvalue weighted by Gasteiger charge is 2.14. The fourth-order valence-electron chi connectivity index (χ4n) is 2.93. The van der Waals surface area contributed by atoms with Crippen molar-refractivity contribution in [1.82, 2.24) is 14.4 Å². The number of imidazole rings is 1. The van der Waals surface area contributed by atoms with Crippen LogP contribution < -0.4 is 0 Å². The number of nitrogens with zero attached hydrogens (tertiary/aromatic N) is 3. The first-order chi connectivity index (χ1) is 12.8. The summed E-state index contributed by atoms with van der Waals surface area (Å²) in [6.07, 6.45) is 2.11. The third-order valence-corrected chi connectivity index (χ3v) is 6.05. The second-order valence-corrected chi connectivity index (χ2v) is 7.86. The van der Waals surface area contributed by atoms with E-state index in [1.165, 1.54) is 5.56 Å². The van der Waals surface area contributed by atoms with Crippen molar-refractivity contribution in [1.29, 1.82) is 0 Å². The number of rotatable bonds is 3. The van der Waals surface area contributed by atoms with Gasteiger partial charge >= 0.3 is 0 Å². The van der Waals surface area contributed by atoms with Gasteiger partial charge in [-0.25, -0.2) is 9.97 Å². The van der Waals surface area contributed by atoms with Crippen molar-refractivity contribution >= 4 is 27.6 Å². The Balaban J connectivity index is 1.56. The summed E-state index contributed by atoms with van der Waals surface area (Å²) in [5.74, 6) is 0. The molecule has 3 aromatic heterocycles. The molecule has 0 radical (unpaired) electrons. The molecule has 0 saturated heterocycles. The highest BCUT2D eigenvalue weighted by molar-refractivity contribution is 7.16. The zero-order valence-electron chi connectivity index (χ0n) is 14.1. The Morgan fingerprint density at radius 1 is 0.769 bits per heavy atom. The molecule has 0 unspecified atom stereocenters. The zero-order chi connectivity index (χ0) is 17.5. The molecule has 2 aromatic carbocycles. The fraction of sp³-hybridized carbons (Fsp3) is 0.0476. The molecule has 26 heavy (non-hydrogen) atoms. The number of benzene rings is 2. The number of thiazole rings is 2. The Hall–Kier alpha value is -2.76. The van der Waals surface area contributed by atoms with Crippen LogP contribution in [-0.4, -0.2) is 14.4 Å². The lowest BCUT2D eigenvalue weighted by atomic mass is 10.1. The summed E-state index contributed by atoms with van der Waals surface area (Å²) >= 11 is 3.32. The van der Waals surface area contributed by atoms with Crippen LogP contribution in [0.1, 0.15) is 5.56 Å². The summed E-state index contributed by atoms with van der Waals surface area (Å²) in [7, 11) is 0. The summed E-state index contributed by atoms with van der Waals surface area (Å²) in [6.45, 7) is 2.10. The molecule has 0 amide bonds. The van der Waals surface area contributed by atoms with Crippen LogP contribution in [0.5, 0.6) is 0 Å². The Labute approximate surface area is 159 Å². The van der Waals surface area contributed by atoms with Gasteiger partial charge in [-0.15, -0.1) is 22.7 Å². The molecule has 0 bridgehead atoms. The maximum atomic E-state index is 4.84. The minimum absolute atomic E-state index is 0.993. The average Bonchev–Trinajstić information content (AvgIpc) is 3.38. The third kappa shape index (κ3) is 2.66. The van der Waals surface area contributed by atoms with Crippen LogP contribution >= 0.6 is 22.7 Å². The van der Waals surface area contributed by atoms with Crippen molar-refractivity contribution in [3.8, 4) is 33.2 Å². The van der Waals surface area contributed by atoms with Crippen LogP contribution in [0.25, 0.3) is 38.2 Å². The van der Waals surface area contributed by atoms with Crippen LogP contribution in [0.3, 0.4) is 0 Å². The Bertz CT molecular complexity index is 1180. The predicted molar refractivity (Wildman–Crippen MR) is 110 cm³/mol. The van der Waals surface area contributed by atoms with Gasteiger partial charge in [-0.3, -0.25) is 4.40 Å². The first-order valence-corrected chi connectivity index (χ1v) is 10.1. The first kappa shape index (κ1) is 15.5. The molecule has 5 heteroatoms. The van der Waals surface area contributed by atoms with Crippen LogP contribution in [0, 0.1) is 6.92 Å². The van der Waals surface area contributed by atoms with Gasteiger partial charge in [0.25, 0.3) is 0 Å². The van der Waals surface area contributed by atoms with Crippen molar-refractivity contribution in [2.75, 3.05) is 0 Å². The second-order valence-electron chi connectivity index (χ2n) is 6.17. The second kappa shape index (κ2) is 6.20. The van der Waals surface area contributed by atoms with E-state index in [1.54, 1.807) is 22.7 Å². The van der Waals surface area contributed by atoms with Crippen LogP contribution in [0.2, 0.25) is 0 Å². The molecule has 0 N–H and O–H groups in total. The van der Waals surface area contributed by atoms with Gasteiger partial charge in [0.2, 0.25) is 0 Å². The molecule has 3 heterocycles. The molecule has 0 aliphatic carbocycles. The van der Waals surface area contributed by atoms with E-state index in [0.717, 1.165) is 38.2 Å². The van der Waals surface area contributed by atoms with Gasteiger partial charge in [-0.2, -0.15) is 0 Å². The standard InChI is InChI=1S/C21H15N3S2/c1-14-7-9-16(10-8-14)17-11-24-19(13-26-21(24)23-17)20-22-18(12-25-20)15-5-3-2-4-6-15/h2-13H,1H3. The fourth-order valence-corrected chi connectivity index (χ4v) is 4.71. The normalized spacial score (nSPS) is 11.3. The maximum Gasteiger partial charge on any atom is 0.194 e. The minimum Gasteiger partial charge on any atom is -0.287 e. The van der Waals surface area contributed by atoms with E-state index in [1.807, 2.05) is 18.2 Å². The van der Waals surface area contributed by atoms with Gasteiger partial charge < -0.3 is 0 Å². The SMILES string of the molecule is Cc1ccc(-c2cn3c(-c4nc(-c5ccccc5)cs4)csc3n2)cc1. The van der Waals surface area contributed by atoms with E-state index in [9.17, 15) is 0 Å². The zero-order valence-corrected chi connectivity index (χ0v) is 15.7. The van der Waals surface area contributed by atoms with Crippen molar-refractivity contribution in [2.24, 2.45) is 0 Å². The molecule has 0 spiro atoms. The first-order valence-electron chi connectivity index (χ1n) is 8.33. The molecule has 5 aromatic rings. The van der Waals surface area contributed by atoms with Crippen molar-refractivity contribution in [3.63, 3.8) is 0 Å². The summed E-state index contributed by atoms with van der Waals surface area (Å²) in [5.41, 5.74) is 6.66. The Kier molecular flexibility index (Phi) is 3.69. The van der Waals surface area contributed by atoms with Crippen LogP contribution in [-0.2, 0) is 0 Å². The van der Waals surface area contributed by atoms with E-state index in [0.29, 0.717) is 0 Å². The van der Waals surface area contributed by atoms with Gasteiger partial charge in [0.15, 0.2) is 4.96 Å². The van der Waals surface area contributed by atoms with Crippen molar-refractivity contribution in [2.45, 2.75) is 6.92 Å². The molecule has 0 aliphatic heterocycles. The lowest BCUT2D eigenvalue weighted by Gasteiger charge is -1.97. The summed E-state index contributed by atoms with van der Waals surface area (Å²) in [6, 6.07) is 18.8. The van der Waals surface area contributed by atoms with E-state index in [4.69, 9.17) is 9.97 Å². The van der Waals surface area contributed by atoms with Gasteiger partial charge in [0, 0.05) is 28.1 Å². The molecular weight excluding hydrogens is 358 g/mol. The highest BCUT2D eigenvalue weighted by Crippen LogP contribution is 2.33. The molecule has 126 valence electrons. The van der Waals surface area contributed by atoms with E-state index in [-0.39, 0.29) is 0 Å². The third-order valence-electron chi connectivity index (χ3n) is 4.35. The van der Waals surface area contributed by atoms with E-state index >= 15 is 0 Å². The number of aryl methyl sites for hydroxylation is 1. The Morgan fingerprint density at radius 3 is 2.35 bits per heavy atom. The predicted octanol–water partition coefficient (Wildman–Crippen LogP) is 6.16. The molecule has 0 aliphatic rings. The van der Waals surface area contributed by atoms with Crippen LogP contribution in [0.15, 0.2) is 71.6 Å². The van der Waals surface area contributed by atoms with Gasteiger partial charge in [0.05, 0.1) is 17.1 Å². The van der Waals surface area contributed by atoms with Crippen LogP contribution in [0.4, 0.5) is 0 Å². The number of hydrogen-bond donors (Lipinski definition) is 0. The van der Waals surface area contributed by atoms with Gasteiger partial charge in [-0.1, -0.05) is 60.2 Å². The molecular formula is C21H15N3S2. The smallest absolute Gasteiger partial charge is 0.194 e. The lowest BCUT2D eigenvalue weighted by molar-refractivity contribution is 1.22. The number of hydrogen-bond acceptors (Lipinski definition) is 4. The quantitative estimate of drug-likeness (QED) is 0.379. The largest absolute Gasteiger partial charge is 0.287 e. The summed E-state index contributed by atoms with van der Waals surface area (Å²) in [5, 5.41) is 5.27. The average molecular weight is 374 g/mol. The Morgan fingerprint density at radius 2 is 1.54 bits per heavy atom. The summed E-state index contributed by atoms with van der Waals surface area (Å²) < 4.78 is 2.15. The van der Waals surface area contributed by atoms with Gasteiger partial charge in [0.1, 0.15) is 5.01 Å². The molecule has 0 saturated carbocycles. The van der Waals surface area contributed by atoms with E-state index < -0.39 is 0 Å². The topological polar surface area (TPSA) is 30.2 Å². The molecule has 0 atom stereocenters. The molecule has 5 rings (SSSR count). The maximum absolute atomic E-state index is 4.84. The summed E-state index contributed by atoms with van der Waals surface area (Å²) in [4.78, 5) is 10.6. The van der Waals surface area contributed by atoms with E-state index in [2.05, 4.69) is 64.7 Å². The number of aromatic nitrogens is 3. The van der Waals surface area contributed by atoms with Gasteiger partial charge in [-0.05, 0) is 6.92 Å². The minimum atomic E-state index is 0.993. The number of fused-ring (bicyclic) bond motifs is 1. The van der Waals surface area contributed by atoms with Crippen molar-refractivity contribution in [3.05, 3.63) is 77.1 Å². The highest BCUT2D eigenvalue weighted by atomic mass is 32.1.